The normalized spacial score (nSPS) is 11.0. The fourth-order valence-corrected chi connectivity index (χ4v) is 1.52. The van der Waals surface area contributed by atoms with E-state index in [1.807, 2.05) is 0 Å². The standard InChI is InChI=1S/C15H16N2O4/c1-15(2,3)21-14(19)17-9-13(8-16-17)20-12-6-4-11(10-18)5-7-12/h4-10H,1-3H3. The van der Waals surface area contributed by atoms with E-state index in [4.69, 9.17) is 9.47 Å². The highest BCUT2D eigenvalue weighted by molar-refractivity contribution is 5.74. The summed E-state index contributed by atoms with van der Waals surface area (Å²) in [6.45, 7) is 5.33. The minimum absolute atomic E-state index is 0.403. The zero-order chi connectivity index (χ0) is 15.5. The van der Waals surface area contributed by atoms with Crippen molar-refractivity contribution in [2.24, 2.45) is 0 Å². The van der Waals surface area contributed by atoms with Crippen LogP contribution in [0, 0.1) is 0 Å². The first-order valence-electron chi connectivity index (χ1n) is 6.38. The first-order valence-corrected chi connectivity index (χ1v) is 6.38. The van der Waals surface area contributed by atoms with Crippen molar-refractivity contribution in [3.8, 4) is 11.5 Å². The summed E-state index contributed by atoms with van der Waals surface area (Å²) < 4.78 is 11.8. The van der Waals surface area contributed by atoms with Gasteiger partial charge in [-0.1, -0.05) is 0 Å². The third-order valence-corrected chi connectivity index (χ3v) is 2.39. The number of rotatable bonds is 3. The molecule has 0 saturated carbocycles. The second-order valence-corrected chi connectivity index (χ2v) is 5.39. The molecule has 0 fully saturated rings. The van der Waals surface area contributed by atoms with Gasteiger partial charge < -0.3 is 9.47 Å². The van der Waals surface area contributed by atoms with Gasteiger partial charge in [0.2, 0.25) is 0 Å². The molecule has 0 bridgehead atoms. The molecule has 0 saturated heterocycles. The number of ether oxygens (including phenoxy) is 2. The molecule has 0 aliphatic carbocycles. The molecule has 0 spiro atoms. The van der Waals surface area contributed by atoms with Gasteiger partial charge in [0.05, 0.1) is 12.4 Å². The second kappa shape index (κ2) is 5.78. The summed E-state index contributed by atoms with van der Waals surface area (Å²) in [5.41, 5.74) is -0.0267. The van der Waals surface area contributed by atoms with Gasteiger partial charge in [0.15, 0.2) is 5.75 Å². The molecular formula is C15H16N2O4. The molecule has 2 rings (SSSR count). The molecule has 0 radical (unpaired) electrons. The van der Waals surface area contributed by atoms with Crippen LogP contribution in [0.15, 0.2) is 36.7 Å². The number of hydrogen-bond donors (Lipinski definition) is 0. The molecule has 1 heterocycles. The van der Waals surface area contributed by atoms with E-state index < -0.39 is 11.7 Å². The maximum Gasteiger partial charge on any atom is 0.435 e. The van der Waals surface area contributed by atoms with E-state index in [0.717, 1.165) is 11.0 Å². The fourth-order valence-electron chi connectivity index (χ4n) is 1.52. The molecule has 0 atom stereocenters. The Kier molecular flexibility index (Phi) is 4.07. The first-order chi connectivity index (χ1) is 9.87. The van der Waals surface area contributed by atoms with Gasteiger partial charge in [0.1, 0.15) is 17.6 Å². The number of aromatic nitrogens is 2. The lowest BCUT2D eigenvalue weighted by Gasteiger charge is -2.18. The van der Waals surface area contributed by atoms with Gasteiger partial charge >= 0.3 is 6.09 Å². The number of carbonyl (C=O) groups is 2. The van der Waals surface area contributed by atoms with Crippen molar-refractivity contribution in [2.75, 3.05) is 0 Å². The van der Waals surface area contributed by atoms with Crippen LogP contribution in [0.2, 0.25) is 0 Å². The highest BCUT2D eigenvalue weighted by Crippen LogP contribution is 2.21. The monoisotopic (exact) mass is 288 g/mol. The second-order valence-electron chi connectivity index (χ2n) is 5.39. The van der Waals surface area contributed by atoms with E-state index in [1.54, 1.807) is 45.0 Å². The topological polar surface area (TPSA) is 70.4 Å². The van der Waals surface area contributed by atoms with Gasteiger partial charge in [0.25, 0.3) is 0 Å². The van der Waals surface area contributed by atoms with Crippen LogP contribution in [0.4, 0.5) is 4.79 Å². The van der Waals surface area contributed by atoms with Crippen molar-refractivity contribution in [2.45, 2.75) is 26.4 Å². The Balaban J connectivity index is 2.05. The summed E-state index contributed by atoms with van der Waals surface area (Å²) in [6, 6.07) is 6.60. The number of nitrogens with zero attached hydrogens (tertiary/aromatic N) is 2. The molecule has 1 aromatic heterocycles. The molecule has 0 aliphatic rings. The predicted octanol–water partition coefficient (Wildman–Crippen LogP) is 3.27. The molecule has 0 N–H and O–H groups in total. The van der Waals surface area contributed by atoms with E-state index in [1.165, 1.54) is 12.4 Å². The van der Waals surface area contributed by atoms with Crippen LogP contribution in [0.5, 0.6) is 11.5 Å². The van der Waals surface area contributed by atoms with Gasteiger partial charge in [-0.15, -0.1) is 0 Å². The van der Waals surface area contributed by atoms with Crippen LogP contribution in [0.3, 0.4) is 0 Å². The maximum absolute atomic E-state index is 11.8. The maximum atomic E-state index is 11.8. The molecule has 21 heavy (non-hydrogen) atoms. The molecule has 0 unspecified atom stereocenters. The number of carbonyl (C=O) groups excluding carboxylic acids is 2. The SMILES string of the molecule is CC(C)(C)OC(=O)n1cc(Oc2ccc(C=O)cc2)cn1. The van der Waals surface area contributed by atoms with Crippen molar-refractivity contribution < 1.29 is 19.1 Å². The molecule has 6 heteroatoms. The van der Waals surface area contributed by atoms with Gasteiger partial charge in [-0.05, 0) is 45.0 Å². The van der Waals surface area contributed by atoms with E-state index >= 15 is 0 Å². The van der Waals surface area contributed by atoms with Crippen LogP contribution in [0.1, 0.15) is 31.1 Å². The molecule has 6 nitrogen and oxygen atoms in total. The Hall–Kier alpha value is -2.63. The number of benzene rings is 1. The largest absolute Gasteiger partial charge is 0.454 e. The average Bonchev–Trinajstić information content (AvgIpc) is 2.86. The van der Waals surface area contributed by atoms with Crippen LogP contribution in [0.25, 0.3) is 0 Å². The highest BCUT2D eigenvalue weighted by Gasteiger charge is 2.18. The van der Waals surface area contributed by atoms with E-state index in [2.05, 4.69) is 5.10 Å². The van der Waals surface area contributed by atoms with E-state index in [9.17, 15) is 9.59 Å². The number of hydrogen-bond acceptors (Lipinski definition) is 5. The quantitative estimate of drug-likeness (QED) is 0.811. The summed E-state index contributed by atoms with van der Waals surface area (Å²) in [4.78, 5) is 22.4. The molecule has 2 aromatic rings. The average molecular weight is 288 g/mol. The van der Waals surface area contributed by atoms with Crippen LogP contribution < -0.4 is 4.74 Å². The highest BCUT2D eigenvalue weighted by atomic mass is 16.6. The first kappa shape index (κ1) is 14.8. The van der Waals surface area contributed by atoms with E-state index in [-0.39, 0.29) is 0 Å². The minimum Gasteiger partial charge on any atom is -0.454 e. The Morgan fingerprint density at radius 1 is 1.19 bits per heavy atom. The third kappa shape index (κ3) is 4.17. The molecule has 0 aliphatic heterocycles. The predicted molar refractivity (Wildman–Crippen MR) is 75.8 cm³/mol. The number of aldehydes is 1. The van der Waals surface area contributed by atoms with Gasteiger partial charge in [0, 0.05) is 5.56 Å². The lowest BCUT2D eigenvalue weighted by atomic mass is 10.2. The zero-order valence-electron chi connectivity index (χ0n) is 12.1. The Bertz CT molecular complexity index is 638. The summed E-state index contributed by atoms with van der Waals surface area (Å²) in [5.74, 6) is 0.948. The Morgan fingerprint density at radius 3 is 2.43 bits per heavy atom. The Labute approximate surface area is 122 Å². The molecule has 1 aromatic carbocycles. The minimum atomic E-state index is -0.589. The van der Waals surface area contributed by atoms with Crippen molar-refractivity contribution >= 4 is 12.4 Å². The third-order valence-electron chi connectivity index (χ3n) is 2.39. The summed E-state index contributed by atoms with van der Waals surface area (Å²) in [5, 5.41) is 3.89. The summed E-state index contributed by atoms with van der Waals surface area (Å²) in [6.07, 6.45) is 3.03. The van der Waals surface area contributed by atoms with Crippen molar-refractivity contribution in [3.05, 3.63) is 42.2 Å². The van der Waals surface area contributed by atoms with Crippen LogP contribution >= 0.6 is 0 Å². The zero-order valence-corrected chi connectivity index (χ0v) is 12.1. The Morgan fingerprint density at radius 2 is 1.86 bits per heavy atom. The fraction of sp³-hybridized carbons (Fsp3) is 0.267. The van der Waals surface area contributed by atoms with E-state index in [0.29, 0.717) is 17.1 Å². The van der Waals surface area contributed by atoms with Gasteiger partial charge in [-0.25, -0.2) is 4.79 Å². The summed E-state index contributed by atoms with van der Waals surface area (Å²) >= 11 is 0. The van der Waals surface area contributed by atoms with Gasteiger partial charge in [-0.3, -0.25) is 4.79 Å². The van der Waals surface area contributed by atoms with Crippen LogP contribution in [-0.4, -0.2) is 27.8 Å². The van der Waals surface area contributed by atoms with Crippen LogP contribution in [-0.2, 0) is 4.74 Å². The molecule has 0 amide bonds. The smallest absolute Gasteiger partial charge is 0.435 e. The van der Waals surface area contributed by atoms with Crippen molar-refractivity contribution in [1.29, 1.82) is 0 Å². The van der Waals surface area contributed by atoms with Crippen molar-refractivity contribution in [3.63, 3.8) is 0 Å². The molecule has 110 valence electrons. The lowest BCUT2D eigenvalue weighted by Crippen LogP contribution is -2.27. The summed E-state index contributed by atoms with van der Waals surface area (Å²) in [7, 11) is 0. The van der Waals surface area contributed by atoms with Crippen molar-refractivity contribution in [1.82, 2.24) is 9.78 Å². The van der Waals surface area contributed by atoms with Gasteiger partial charge in [-0.2, -0.15) is 9.78 Å². The lowest BCUT2D eigenvalue weighted by molar-refractivity contribution is 0.0514. The molecular weight excluding hydrogens is 272 g/mol.